The Hall–Kier alpha value is -2.36. The van der Waals surface area contributed by atoms with Gasteiger partial charge in [-0.1, -0.05) is 24.3 Å². The van der Waals surface area contributed by atoms with E-state index in [9.17, 15) is 9.59 Å². The second-order valence-electron chi connectivity index (χ2n) is 3.61. The van der Waals surface area contributed by atoms with Crippen molar-refractivity contribution in [2.45, 2.75) is 6.92 Å². The molecule has 0 fully saturated rings. The standard InChI is InChI=1S/C15H16O4/c1-3-19-15(17)11-9-13-6-4-12(5-7-13)8-10-14(16)18-2/h4-11H,3H2,1-2H3/b10-8+,11-9+. The van der Waals surface area contributed by atoms with Gasteiger partial charge in [0.2, 0.25) is 0 Å². The Morgan fingerprint density at radius 2 is 1.47 bits per heavy atom. The highest BCUT2D eigenvalue weighted by Gasteiger charge is 1.95. The molecule has 1 rings (SSSR count). The van der Waals surface area contributed by atoms with Crippen molar-refractivity contribution >= 4 is 24.1 Å². The first kappa shape index (κ1) is 14.7. The van der Waals surface area contributed by atoms with Crippen molar-refractivity contribution in [1.82, 2.24) is 0 Å². The van der Waals surface area contributed by atoms with Gasteiger partial charge in [-0.25, -0.2) is 9.59 Å². The summed E-state index contributed by atoms with van der Waals surface area (Å²) >= 11 is 0. The molecule has 1 aromatic rings. The molecule has 4 nitrogen and oxygen atoms in total. The van der Waals surface area contributed by atoms with Crippen molar-refractivity contribution in [3.8, 4) is 0 Å². The van der Waals surface area contributed by atoms with Gasteiger partial charge in [0, 0.05) is 12.2 Å². The summed E-state index contributed by atoms with van der Waals surface area (Å²) in [5.41, 5.74) is 1.75. The number of hydrogen-bond donors (Lipinski definition) is 0. The highest BCUT2D eigenvalue weighted by Crippen LogP contribution is 2.08. The Balaban J connectivity index is 2.64. The summed E-state index contributed by atoms with van der Waals surface area (Å²) in [7, 11) is 1.33. The summed E-state index contributed by atoms with van der Waals surface area (Å²) in [6.45, 7) is 2.12. The van der Waals surface area contributed by atoms with E-state index in [1.165, 1.54) is 19.3 Å². The lowest BCUT2D eigenvalue weighted by molar-refractivity contribution is -0.137. The molecule has 0 aliphatic heterocycles. The molecule has 0 atom stereocenters. The lowest BCUT2D eigenvalue weighted by atomic mass is 10.1. The highest BCUT2D eigenvalue weighted by atomic mass is 16.5. The third-order valence-electron chi connectivity index (χ3n) is 2.25. The maximum Gasteiger partial charge on any atom is 0.330 e. The quantitative estimate of drug-likeness (QED) is 0.602. The van der Waals surface area contributed by atoms with Gasteiger partial charge in [-0.05, 0) is 30.2 Å². The van der Waals surface area contributed by atoms with Crippen molar-refractivity contribution in [3.63, 3.8) is 0 Å². The van der Waals surface area contributed by atoms with Crippen LogP contribution in [0, 0.1) is 0 Å². The minimum absolute atomic E-state index is 0.362. The molecule has 1 aromatic carbocycles. The van der Waals surface area contributed by atoms with Crippen LogP contribution < -0.4 is 0 Å². The maximum atomic E-state index is 11.1. The van der Waals surface area contributed by atoms with Crippen molar-refractivity contribution in [3.05, 3.63) is 47.5 Å². The number of ether oxygens (including phenoxy) is 2. The van der Waals surface area contributed by atoms with E-state index in [0.29, 0.717) is 6.61 Å². The van der Waals surface area contributed by atoms with Crippen LogP contribution in [0.3, 0.4) is 0 Å². The smallest absolute Gasteiger partial charge is 0.330 e. The number of carbonyl (C=O) groups excluding carboxylic acids is 2. The van der Waals surface area contributed by atoms with Crippen LogP contribution in [0.5, 0.6) is 0 Å². The fourth-order valence-electron chi connectivity index (χ4n) is 1.31. The third-order valence-corrected chi connectivity index (χ3v) is 2.25. The predicted octanol–water partition coefficient (Wildman–Crippen LogP) is 2.45. The average Bonchev–Trinajstić information content (AvgIpc) is 2.44. The molecule has 0 amide bonds. The topological polar surface area (TPSA) is 52.6 Å². The largest absolute Gasteiger partial charge is 0.466 e. The van der Waals surface area contributed by atoms with Gasteiger partial charge in [0.25, 0.3) is 0 Å². The van der Waals surface area contributed by atoms with Gasteiger partial charge < -0.3 is 9.47 Å². The molecular formula is C15H16O4. The molecule has 0 bridgehead atoms. The maximum absolute atomic E-state index is 11.1. The average molecular weight is 260 g/mol. The Morgan fingerprint density at radius 3 is 1.89 bits per heavy atom. The molecule has 0 N–H and O–H groups in total. The van der Waals surface area contributed by atoms with E-state index in [4.69, 9.17) is 4.74 Å². The van der Waals surface area contributed by atoms with Crippen LogP contribution in [-0.2, 0) is 19.1 Å². The monoisotopic (exact) mass is 260 g/mol. The first-order chi connectivity index (χ1) is 9.15. The normalized spacial score (nSPS) is 10.8. The van der Waals surface area contributed by atoms with Gasteiger partial charge in [0.05, 0.1) is 13.7 Å². The minimum Gasteiger partial charge on any atom is -0.466 e. The molecule has 100 valence electrons. The van der Waals surface area contributed by atoms with Gasteiger partial charge in [-0.15, -0.1) is 0 Å². The SMILES string of the molecule is CCOC(=O)/C=C/c1ccc(/C=C/C(=O)OC)cc1. The molecule has 0 unspecified atom stereocenters. The molecule has 19 heavy (non-hydrogen) atoms. The van der Waals surface area contributed by atoms with Crippen LogP contribution in [0.1, 0.15) is 18.1 Å². The van der Waals surface area contributed by atoms with Crippen LogP contribution in [-0.4, -0.2) is 25.7 Å². The summed E-state index contributed by atoms with van der Waals surface area (Å²) in [6.07, 6.45) is 6.06. The van der Waals surface area contributed by atoms with E-state index in [2.05, 4.69) is 4.74 Å². The van der Waals surface area contributed by atoms with Crippen LogP contribution >= 0.6 is 0 Å². The van der Waals surface area contributed by atoms with Crippen LogP contribution in [0.4, 0.5) is 0 Å². The zero-order valence-electron chi connectivity index (χ0n) is 11.0. The number of methoxy groups -OCH3 is 1. The van der Waals surface area contributed by atoms with Crippen LogP contribution in [0.15, 0.2) is 36.4 Å². The third kappa shape index (κ3) is 5.68. The van der Waals surface area contributed by atoms with Gasteiger partial charge in [0.1, 0.15) is 0 Å². The van der Waals surface area contributed by atoms with Crippen LogP contribution in [0.25, 0.3) is 12.2 Å². The molecule has 0 saturated carbocycles. The first-order valence-electron chi connectivity index (χ1n) is 5.86. The number of hydrogen-bond acceptors (Lipinski definition) is 4. The van der Waals surface area contributed by atoms with E-state index in [0.717, 1.165) is 11.1 Å². The van der Waals surface area contributed by atoms with E-state index < -0.39 is 5.97 Å². The van der Waals surface area contributed by atoms with E-state index in [1.807, 2.05) is 24.3 Å². The van der Waals surface area contributed by atoms with Crippen molar-refractivity contribution in [1.29, 1.82) is 0 Å². The number of esters is 2. The van der Waals surface area contributed by atoms with Crippen LogP contribution in [0.2, 0.25) is 0 Å². The Labute approximate surface area is 112 Å². The summed E-state index contributed by atoms with van der Waals surface area (Å²) in [5, 5.41) is 0. The lowest BCUT2D eigenvalue weighted by Crippen LogP contribution is -1.98. The molecule has 0 aliphatic carbocycles. The molecule has 0 saturated heterocycles. The summed E-state index contributed by atoms with van der Waals surface area (Å²) < 4.78 is 9.27. The zero-order valence-corrected chi connectivity index (χ0v) is 11.0. The van der Waals surface area contributed by atoms with Crippen molar-refractivity contribution < 1.29 is 19.1 Å². The van der Waals surface area contributed by atoms with Crippen molar-refractivity contribution in [2.75, 3.05) is 13.7 Å². The predicted molar refractivity (Wildman–Crippen MR) is 73.2 cm³/mol. The number of rotatable bonds is 5. The van der Waals surface area contributed by atoms with E-state index in [-0.39, 0.29) is 5.97 Å². The summed E-state index contributed by atoms with van der Waals surface area (Å²) in [4.78, 5) is 22.0. The van der Waals surface area contributed by atoms with Gasteiger partial charge in [-0.2, -0.15) is 0 Å². The lowest BCUT2D eigenvalue weighted by Gasteiger charge is -1.97. The minimum atomic E-state index is -0.397. The first-order valence-corrected chi connectivity index (χ1v) is 5.86. The van der Waals surface area contributed by atoms with Gasteiger partial charge in [-0.3, -0.25) is 0 Å². The summed E-state index contributed by atoms with van der Waals surface area (Å²) in [6, 6.07) is 7.36. The van der Waals surface area contributed by atoms with Crippen molar-refractivity contribution in [2.24, 2.45) is 0 Å². The Kier molecular flexibility index (Phi) is 6.09. The fraction of sp³-hybridized carbons (Fsp3) is 0.200. The molecule has 0 aromatic heterocycles. The number of benzene rings is 1. The Morgan fingerprint density at radius 1 is 1.00 bits per heavy atom. The second-order valence-corrected chi connectivity index (χ2v) is 3.61. The molecule has 0 heterocycles. The zero-order chi connectivity index (χ0) is 14.1. The van der Waals surface area contributed by atoms with E-state index >= 15 is 0 Å². The Bertz CT molecular complexity index is 483. The summed E-state index contributed by atoms with van der Waals surface area (Å²) in [5.74, 6) is -0.761. The second kappa shape index (κ2) is 7.87. The molecular weight excluding hydrogens is 244 g/mol. The van der Waals surface area contributed by atoms with Gasteiger partial charge in [0.15, 0.2) is 0 Å². The fourth-order valence-corrected chi connectivity index (χ4v) is 1.31. The van der Waals surface area contributed by atoms with E-state index in [1.54, 1.807) is 19.1 Å². The highest BCUT2D eigenvalue weighted by molar-refractivity contribution is 5.88. The number of carbonyl (C=O) groups is 2. The molecule has 4 heteroatoms. The molecule has 0 aliphatic rings. The molecule has 0 spiro atoms. The molecule has 0 radical (unpaired) electrons. The van der Waals surface area contributed by atoms with Gasteiger partial charge >= 0.3 is 11.9 Å².